The van der Waals surface area contributed by atoms with E-state index in [0.717, 1.165) is 49.0 Å². The van der Waals surface area contributed by atoms with Crippen molar-refractivity contribution >= 4 is 11.5 Å². The third-order valence-electron chi connectivity index (χ3n) is 5.42. The molecule has 3 rings (SSSR count). The molecule has 0 atom stereocenters. The van der Waals surface area contributed by atoms with Crippen LogP contribution in [-0.2, 0) is 0 Å². The van der Waals surface area contributed by atoms with Crippen LogP contribution in [-0.4, -0.2) is 17.0 Å². The molecule has 1 aliphatic carbocycles. The molecular formula is C21H27NO. The highest BCUT2D eigenvalue weighted by Crippen LogP contribution is 2.44. The zero-order valence-corrected chi connectivity index (χ0v) is 14.4. The number of hydrogen-bond donors (Lipinski definition) is 0. The van der Waals surface area contributed by atoms with Gasteiger partial charge in [-0.2, -0.15) is 0 Å². The van der Waals surface area contributed by atoms with Crippen LogP contribution in [0, 0.1) is 0 Å². The Morgan fingerprint density at radius 3 is 2.48 bits per heavy atom. The molecule has 1 fully saturated rings. The van der Waals surface area contributed by atoms with E-state index in [1.165, 1.54) is 24.8 Å². The van der Waals surface area contributed by atoms with Crippen LogP contribution in [0.4, 0.5) is 0 Å². The highest BCUT2D eigenvalue weighted by molar-refractivity contribution is 6.29. The van der Waals surface area contributed by atoms with Gasteiger partial charge in [0.05, 0.1) is 5.54 Å². The molecule has 0 N–H and O–H groups in total. The van der Waals surface area contributed by atoms with E-state index in [4.69, 9.17) is 4.99 Å². The molecule has 1 aromatic rings. The molecule has 122 valence electrons. The van der Waals surface area contributed by atoms with Crippen LogP contribution in [0.15, 0.2) is 46.5 Å². The standard InChI is InChI=1S/C21H27NO/c1-3-4-13-18-19(20(23)17-11-7-5-8-12-17)16(2)21(22-18)14-9-6-10-15-21/h5,7-8,11-12H,3-4,6,9-10,13-15H2,1-2H3. The monoisotopic (exact) mass is 309 g/mol. The summed E-state index contributed by atoms with van der Waals surface area (Å²) in [6.45, 7) is 4.35. The minimum absolute atomic E-state index is 0.0684. The average molecular weight is 309 g/mol. The van der Waals surface area contributed by atoms with Gasteiger partial charge in [0.2, 0.25) is 0 Å². The highest BCUT2D eigenvalue weighted by atomic mass is 16.1. The smallest absolute Gasteiger partial charge is 0.194 e. The zero-order valence-electron chi connectivity index (χ0n) is 14.4. The molecule has 23 heavy (non-hydrogen) atoms. The van der Waals surface area contributed by atoms with Gasteiger partial charge in [-0.3, -0.25) is 9.79 Å². The normalized spacial score (nSPS) is 20.0. The number of allylic oxidation sites excluding steroid dienone is 1. The summed E-state index contributed by atoms with van der Waals surface area (Å²) in [6, 6.07) is 9.69. The number of Topliss-reactive ketones (excluding diaryl/α,β-unsaturated/α-hetero) is 1. The average Bonchev–Trinajstić information content (AvgIpc) is 2.85. The molecule has 1 heterocycles. The predicted octanol–water partition coefficient (Wildman–Crippen LogP) is 5.53. The summed E-state index contributed by atoms with van der Waals surface area (Å²) < 4.78 is 0. The molecule has 0 unspecified atom stereocenters. The van der Waals surface area contributed by atoms with Crippen molar-refractivity contribution in [3.8, 4) is 0 Å². The summed E-state index contributed by atoms with van der Waals surface area (Å²) in [7, 11) is 0. The summed E-state index contributed by atoms with van der Waals surface area (Å²) in [5, 5.41) is 0. The van der Waals surface area contributed by atoms with E-state index in [9.17, 15) is 4.79 Å². The number of nitrogens with zero attached hydrogens (tertiary/aromatic N) is 1. The molecule has 0 radical (unpaired) electrons. The molecule has 2 aliphatic rings. The van der Waals surface area contributed by atoms with Crippen molar-refractivity contribution in [1.82, 2.24) is 0 Å². The van der Waals surface area contributed by atoms with Crippen molar-refractivity contribution in [2.24, 2.45) is 4.99 Å². The zero-order chi connectivity index (χ0) is 16.3. The Bertz CT molecular complexity index is 633. The van der Waals surface area contributed by atoms with Gasteiger partial charge < -0.3 is 0 Å². The molecule has 1 saturated carbocycles. The summed E-state index contributed by atoms with van der Waals surface area (Å²) in [5.41, 5.74) is 3.95. The molecule has 2 nitrogen and oxygen atoms in total. The van der Waals surface area contributed by atoms with Gasteiger partial charge in [-0.25, -0.2) is 0 Å². The van der Waals surface area contributed by atoms with Gasteiger partial charge in [0.25, 0.3) is 0 Å². The number of unbranched alkanes of at least 4 members (excludes halogenated alkanes) is 1. The number of carbonyl (C=O) groups is 1. The topological polar surface area (TPSA) is 29.4 Å². The van der Waals surface area contributed by atoms with Crippen LogP contribution in [0.3, 0.4) is 0 Å². The van der Waals surface area contributed by atoms with Crippen molar-refractivity contribution in [3.63, 3.8) is 0 Å². The quantitative estimate of drug-likeness (QED) is 0.657. The van der Waals surface area contributed by atoms with E-state index < -0.39 is 0 Å². The maximum Gasteiger partial charge on any atom is 0.194 e. The molecule has 0 bridgehead atoms. The largest absolute Gasteiger partial charge is 0.289 e. The van der Waals surface area contributed by atoms with Gasteiger partial charge >= 0.3 is 0 Å². The molecule has 0 amide bonds. The fraction of sp³-hybridized carbons (Fsp3) is 0.524. The first-order chi connectivity index (χ1) is 11.2. The van der Waals surface area contributed by atoms with Crippen molar-refractivity contribution in [2.75, 3.05) is 0 Å². The first-order valence-corrected chi connectivity index (χ1v) is 9.08. The van der Waals surface area contributed by atoms with E-state index in [-0.39, 0.29) is 11.3 Å². The van der Waals surface area contributed by atoms with Crippen molar-refractivity contribution in [2.45, 2.75) is 70.8 Å². The van der Waals surface area contributed by atoms with Crippen molar-refractivity contribution in [3.05, 3.63) is 47.0 Å². The Hall–Kier alpha value is -1.70. The summed E-state index contributed by atoms with van der Waals surface area (Å²) in [5.74, 6) is 0.167. The second kappa shape index (κ2) is 6.82. The Morgan fingerprint density at radius 1 is 1.13 bits per heavy atom. The number of carbonyl (C=O) groups excluding carboxylic acids is 1. The minimum Gasteiger partial charge on any atom is -0.289 e. The van der Waals surface area contributed by atoms with Gasteiger partial charge in [-0.05, 0) is 38.2 Å². The lowest BCUT2D eigenvalue weighted by Gasteiger charge is -2.32. The third kappa shape index (κ3) is 3.04. The van der Waals surface area contributed by atoms with Gasteiger partial charge in [-0.1, -0.05) is 62.9 Å². The number of hydrogen-bond acceptors (Lipinski definition) is 2. The SMILES string of the molecule is CCCCC1=NC2(CCCCC2)C(C)=C1C(=O)c1ccccc1. The first kappa shape index (κ1) is 16.2. The molecule has 2 heteroatoms. The second-order valence-electron chi connectivity index (χ2n) is 6.95. The maximum absolute atomic E-state index is 13.1. The Kier molecular flexibility index (Phi) is 4.79. The van der Waals surface area contributed by atoms with Crippen LogP contribution in [0.25, 0.3) is 0 Å². The van der Waals surface area contributed by atoms with Crippen LogP contribution >= 0.6 is 0 Å². The van der Waals surface area contributed by atoms with Crippen LogP contribution in [0.2, 0.25) is 0 Å². The lowest BCUT2D eigenvalue weighted by atomic mass is 9.76. The lowest BCUT2D eigenvalue weighted by Crippen LogP contribution is -2.29. The maximum atomic E-state index is 13.1. The molecule has 1 spiro atoms. The predicted molar refractivity (Wildman–Crippen MR) is 96.2 cm³/mol. The van der Waals surface area contributed by atoms with Crippen LogP contribution in [0.5, 0.6) is 0 Å². The lowest BCUT2D eigenvalue weighted by molar-refractivity contribution is 0.103. The number of ketones is 1. The van der Waals surface area contributed by atoms with E-state index in [1.54, 1.807) is 0 Å². The summed E-state index contributed by atoms with van der Waals surface area (Å²) >= 11 is 0. The van der Waals surface area contributed by atoms with Gasteiger partial charge in [0, 0.05) is 16.8 Å². The molecule has 0 saturated heterocycles. The number of rotatable bonds is 5. The summed E-state index contributed by atoms with van der Waals surface area (Å²) in [4.78, 5) is 18.3. The molecule has 1 aromatic carbocycles. The Balaban J connectivity index is 1.99. The molecule has 0 aromatic heterocycles. The Labute approximate surface area is 139 Å². The van der Waals surface area contributed by atoms with E-state index in [0.29, 0.717) is 0 Å². The van der Waals surface area contributed by atoms with Gasteiger partial charge in [0.15, 0.2) is 5.78 Å². The fourth-order valence-electron chi connectivity index (χ4n) is 4.03. The third-order valence-corrected chi connectivity index (χ3v) is 5.42. The minimum atomic E-state index is -0.0684. The van der Waals surface area contributed by atoms with E-state index in [2.05, 4.69) is 13.8 Å². The number of benzene rings is 1. The second-order valence-corrected chi connectivity index (χ2v) is 6.95. The Morgan fingerprint density at radius 2 is 1.83 bits per heavy atom. The molecule has 1 aliphatic heterocycles. The van der Waals surface area contributed by atoms with Gasteiger partial charge in [-0.15, -0.1) is 0 Å². The highest BCUT2D eigenvalue weighted by Gasteiger charge is 2.42. The van der Waals surface area contributed by atoms with Crippen molar-refractivity contribution < 1.29 is 4.79 Å². The molecular weight excluding hydrogens is 282 g/mol. The van der Waals surface area contributed by atoms with Gasteiger partial charge in [0.1, 0.15) is 0 Å². The fourth-order valence-corrected chi connectivity index (χ4v) is 4.03. The van der Waals surface area contributed by atoms with E-state index in [1.807, 2.05) is 30.3 Å². The summed E-state index contributed by atoms with van der Waals surface area (Å²) in [6.07, 6.45) is 9.16. The number of aliphatic imine (C=N–C) groups is 1. The first-order valence-electron chi connectivity index (χ1n) is 9.08. The van der Waals surface area contributed by atoms with Crippen molar-refractivity contribution in [1.29, 1.82) is 0 Å². The van der Waals surface area contributed by atoms with Crippen LogP contribution in [0.1, 0.15) is 75.6 Å². The van der Waals surface area contributed by atoms with E-state index >= 15 is 0 Å². The van der Waals surface area contributed by atoms with Crippen LogP contribution < -0.4 is 0 Å².